The van der Waals surface area contributed by atoms with Crippen molar-refractivity contribution >= 4 is 5.91 Å². The van der Waals surface area contributed by atoms with Gasteiger partial charge in [-0.05, 0) is 38.0 Å². The second-order valence-corrected chi connectivity index (χ2v) is 7.71. The summed E-state index contributed by atoms with van der Waals surface area (Å²) in [5, 5.41) is 32.2. The summed E-state index contributed by atoms with van der Waals surface area (Å²) >= 11 is 0. The van der Waals surface area contributed by atoms with Gasteiger partial charge in [-0.25, -0.2) is 9.18 Å². The molecule has 0 aliphatic carbocycles. The maximum Gasteiger partial charge on any atom is 0.330 e. The van der Waals surface area contributed by atoms with Gasteiger partial charge in [-0.2, -0.15) is 5.26 Å². The van der Waals surface area contributed by atoms with Gasteiger partial charge in [0.1, 0.15) is 24.2 Å². The number of aliphatic hydroxyl groups is 2. The number of H-pyrrole nitrogens is 1. The second kappa shape index (κ2) is 9.44. The van der Waals surface area contributed by atoms with Crippen molar-refractivity contribution in [1.29, 1.82) is 5.26 Å². The van der Waals surface area contributed by atoms with Crippen molar-refractivity contribution in [2.75, 3.05) is 13.2 Å². The average molecular weight is 446 g/mol. The number of carbonyl (C=O) groups excluding carboxylic acids is 1. The van der Waals surface area contributed by atoms with E-state index in [4.69, 9.17) is 10.00 Å². The molecule has 0 radical (unpaired) electrons. The van der Waals surface area contributed by atoms with Crippen molar-refractivity contribution < 1.29 is 24.1 Å². The van der Waals surface area contributed by atoms with E-state index in [1.165, 1.54) is 23.8 Å². The number of rotatable bonds is 7. The number of hydrogen-bond acceptors (Lipinski definition) is 7. The van der Waals surface area contributed by atoms with Gasteiger partial charge in [0.25, 0.3) is 11.5 Å². The molecule has 2 aromatic rings. The number of halogens is 1. The molecule has 1 amide bonds. The van der Waals surface area contributed by atoms with E-state index < -0.39 is 47.5 Å². The van der Waals surface area contributed by atoms with Gasteiger partial charge in [-0.3, -0.25) is 19.1 Å². The Morgan fingerprint density at radius 1 is 1.47 bits per heavy atom. The number of hydrogen-bond donors (Lipinski definition) is 4. The van der Waals surface area contributed by atoms with Crippen molar-refractivity contribution in [3.63, 3.8) is 0 Å². The largest absolute Gasteiger partial charge is 0.394 e. The van der Waals surface area contributed by atoms with Crippen LogP contribution in [0.4, 0.5) is 4.39 Å². The molecule has 1 saturated heterocycles. The molecular weight excluding hydrogens is 423 g/mol. The van der Waals surface area contributed by atoms with Gasteiger partial charge in [0.05, 0.1) is 17.8 Å². The third kappa shape index (κ3) is 4.77. The highest BCUT2D eigenvalue weighted by Gasteiger charge is 2.47. The Labute approximate surface area is 181 Å². The van der Waals surface area contributed by atoms with E-state index in [0.29, 0.717) is 12.0 Å². The van der Waals surface area contributed by atoms with E-state index in [2.05, 4.69) is 10.3 Å². The lowest BCUT2D eigenvalue weighted by molar-refractivity contribution is -0.0859. The number of ether oxygens (including phenoxy) is 1. The molecule has 10 nitrogen and oxygen atoms in total. The summed E-state index contributed by atoms with van der Waals surface area (Å²) in [4.78, 5) is 38.1. The Hall–Kier alpha value is -3.33. The minimum atomic E-state index is -1.46. The number of aryl methyl sites for hydroxylation is 1. The first-order valence-electron chi connectivity index (χ1n) is 9.97. The maximum absolute atomic E-state index is 13.4. The molecule has 1 aromatic heterocycles. The highest BCUT2D eigenvalue weighted by Crippen LogP contribution is 2.38. The lowest BCUT2D eigenvalue weighted by atomic mass is 9.90. The monoisotopic (exact) mass is 446 g/mol. The summed E-state index contributed by atoms with van der Waals surface area (Å²) in [7, 11) is 0. The molecule has 11 heteroatoms. The summed E-state index contributed by atoms with van der Waals surface area (Å²) in [5.74, 6) is -1.21. The smallest absolute Gasteiger partial charge is 0.330 e. The number of aliphatic hydroxyl groups excluding tert-OH is 1. The van der Waals surface area contributed by atoms with Crippen molar-refractivity contribution in [1.82, 2.24) is 14.9 Å². The van der Waals surface area contributed by atoms with Crippen molar-refractivity contribution in [2.45, 2.75) is 44.1 Å². The second-order valence-electron chi connectivity index (χ2n) is 7.71. The zero-order valence-corrected chi connectivity index (χ0v) is 17.3. The van der Waals surface area contributed by atoms with Gasteiger partial charge in [0, 0.05) is 30.3 Å². The van der Waals surface area contributed by atoms with E-state index in [1.807, 2.05) is 0 Å². The highest BCUT2D eigenvalue weighted by molar-refractivity contribution is 5.94. The van der Waals surface area contributed by atoms with Gasteiger partial charge in [0.15, 0.2) is 0 Å². The zero-order chi connectivity index (χ0) is 23.5. The standard InChI is InChI=1S/C21H23FN4O6/c1-12-10-26(20(30)25-18(12)28)17-8-21(31,16(11-27)32-17)5-2-6-24-19(29)13-3-4-15(22)14(7-13)9-23/h3-4,7,10,16-17,27,31H,2,5-6,8,11H2,1H3,(H,24,29)(H,25,28,30)/t16-,17-,21+/m1/s1/i22+0. The first-order chi connectivity index (χ1) is 15.2. The van der Waals surface area contributed by atoms with Crippen LogP contribution < -0.4 is 16.6 Å². The van der Waals surface area contributed by atoms with Crippen LogP contribution >= 0.6 is 0 Å². The predicted octanol–water partition coefficient (Wildman–Crippen LogP) is 0.0769. The fourth-order valence-electron chi connectivity index (χ4n) is 3.69. The molecular formula is C21H23FN4O6. The lowest BCUT2D eigenvalue weighted by Gasteiger charge is -2.26. The van der Waals surface area contributed by atoms with Crippen molar-refractivity contribution in [3.8, 4) is 6.07 Å². The highest BCUT2D eigenvalue weighted by atomic mass is 19.1. The van der Waals surface area contributed by atoms with Crippen LogP contribution in [0.3, 0.4) is 0 Å². The van der Waals surface area contributed by atoms with Crippen LogP contribution in [0.2, 0.25) is 0 Å². The molecule has 0 saturated carbocycles. The van der Waals surface area contributed by atoms with E-state index in [1.54, 1.807) is 6.07 Å². The topological polar surface area (TPSA) is 157 Å². The number of amides is 1. The van der Waals surface area contributed by atoms with E-state index in [-0.39, 0.29) is 30.5 Å². The van der Waals surface area contributed by atoms with Crippen LogP contribution in [0, 0.1) is 24.1 Å². The third-order valence-electron chi connectivity index (χ3n) is 5.49. The van der Waals surface area contributed by atoms with Gasteiger partial charge < -0.3 is 20.3 Å². The Balaban J connectivity index is 1.61. The van der Waals surface area contributed by atoms with Crippen LogP contribution in [0.5, 0.6) is 0 Å². The number of nitrogens with zero attached hydrogens (tertiary/aromatic N) is 2. The molecule has 2 heterocycles. The van der Waals surface area contributed by atoms with E-state index >= 15 is 0 Å². The molecule has 1 aliphatic rings. The lowest BCUT2D eigenvalue weighted by Crippen LogP contribution is -2.41. The number of nitriles is 1. The first-order valence-corrected chi connectivity index (χ1v) is 9.97. The molecule has 3 atom stereocenters. The summed E-state index contributed by atoms with van der Waals surface area (Å²) in [6.45, 7) is 1.21. The molecule has 3 rings (SSSR count). The fraction of sp³-hybridized carbons (Fsp3) is 0.429. The zero-order valence-electron chi connectivity index (χ0n) is 17.3. The number of benzene rings is 1. The third-order valence-corrected chi connectivity index (χ3v) is 5.49. The van der Waals surface area contributed by atoms with Crippen LogP contribution in [0.15, 0.2) is 34.0 Å². The Kier molecular flexibility index (Phi) is 6.88. The summed E-state index contributed by atoms with van der Waals surface area (Å²) in [6.07, 6.45) is -0.0264. The predicted molar refractivity (Wildman–Crippen MR) is 109 cm³/mol. The number of nitrogens with one attached hydrogen (secondary N) is 2. The Bertz CT molecular complexity index is 1170. The molecule has 4 N–H and O–H groups in total. The molecule has 32 heavy (non-hydrogen) atoms. The van der Waals surface area contributed by atoms with Crippen molar-refractivity contribution in [2.24, 2.45) is 0 Å². The SMILES string of the molecule is Cc1cn([C@H]2C[C@@](O)(CCCNC(=O)c3ccc([19F])c(C#N)c3)[C@@H](CO)O2)c(=O)[nH]c1=O. The van der Waals surface area contributed by atoms with Crippen molar-refractivity contribution in [3.05, 3.63) is 67.7 Å². The number of carbonyl (C=O) groups is 1. The van der Waals surface area contributed by atoms with Gasteiger partial charge in [-0.15, -0.1) is 0 Å². The normalized spacial score (nSPS) is 22.5. The molecule has 170 valence electrons. The minimum absolute atomic E-state index is 0.00105. The summed E-state index contributed by atoms with van der Waals surface area (Å²) < 4.78 is 20.2. The fourth-order valence-corrected chi connectivity index (χ4v) is 3.69. The Morgan fingerprint density at radius 3 is 2.91 bits per heavy atom. The van der Waals surface area contributed by atoms with Crippen LogP contribution in [0.1, 0.15) is 47.0 Å². The van der Waals surface area contributed by atoms with E-state index in [9.17, 15) is 29.0 Å². The average Bonchev–Trinajstić information content (AvgIpc) is 3.10. The summed E-state index contributed by atoms with van der Waals surface area (Å²) in [6, 6.07) is 5.13. The molecule has 1 aromatic carbocycles. The minimum Gasteiger partial charge on any atom is -0.394 e. The Morgan fingerprint density at radius 2 is 2.22 bits per heavy atom. The molecule has 0 bridgehead atoms. The van der Waals surface area contributed by atoms with E-state index in [0.717, 1.165) is 12.1 Å². The molecule has 1 aliphatic heterocycles. The molecule has 0 unspecified atom stereocenters. The van der Waals surface area contributed by atoms with Gasteiger partial charge >= 0.3 is 5.69 Å². The van der Waals surface area contributed by atoms with Crippen LogP contribution in [0.25, 0.3) is 0 Å². The van der Waals surface area contributed by atoms with Gasteiger partial charge in [0.2, 0.25) is 0 Å². The maximum atomic E-state index is 13.4. The number of aromatic amines is 1. The molecule has 1 fully saturated rings. The van der Waals surface area contributed by atoms with Crippen LogP contribution in [-0.2, 0) is 4.74 Å². The van der Waals surface area contributed by atoms with Crippen LogP contribution in [-0.4, -0.2) is 50.5 Å². The molecule has 0 spiro atoms. The first kappa shape index (κ1) is 23.3. The summed E-state index contributed by atoms with van der Waals surface area (Å²) in [5.41, 5.74) is -2.47. The quantitative estimate of drug-likeness (QED) is 0.439. The van der Waals surface area contributed by atoms with Gasteiger partial charge in [-0.1, -0.05) is 0 Å². The number of aromatic nitrogens is 2.